The van der Waals surface area contributed by atoms with Gasteiger partial charge in [-0.1, -0.05) is 24.4 Å². The average Bonchev–Trinajstić information content (AvgIpc) is 2.84. The molecule has 1 aromatic carbocycles. The molecule has 0 radical (unpaired) electrons. The van der Waals surface area contributed by atoms with E-state index in [0.717, 1.165) is 5.69 Å². The monoisotopic (exact) mass is 288 g/mol. The summed E-state index contributed by atoms with van der Waals surface area (Å²) in [6, 6.07) is 8.63. The molecule has 0 spiro atoms. The van der Waals surface area contributed by atoms with Crippen LogP contribution in [-0.4, -0.2) is 20.7 Å². The van der Waals surface area contributed by atoms with E-state index in [1.54, 1.807) is 29.9 Å². The summed E-state index contributed by atoms with van der Waals surface area (Å²) in [7, 11) is 0. The van der Waals surface area contributed by atoms with Crippen LogP contribution in [0, 0.1) is 6.92 Å². The van der Waals surface area contributed by atoms with Crippen LogP contribution >= 0.6 is 12.2 Å². The molecule has 20 heavy (non-hydrogen) atoms. The van der Waals surface area contributed by atoms with Crippen LogP contribution < -0.4 is 11.1 Å². The van der Waals surface area contributed by atoms with Gasteiger partial charge in [-0.2, -0.15) is 5.10 Å². The Balaban J connectivity index is 2.18. The van der Waals surface area contributed by atoms with Crippen molar-refractivity contribution < 1.29 is 4.79 Å². The van der Waals surface area contributed by atoms with Crippen LogP contribution in [0.1, 0.15) is 24.2 Å². The number of hydrogen-bond donors (Lipinski definition) is 2. The number of benzene rings is 1. The van der Waals surface area contributed by atoms with Crippen LogP contribution in [0.4, 0.5) is 5.69 Å². The van der Waals surface area contributed by atoms with E-state index in [0.29, 0.717) is 11.3 Å². The van der Waals surface area contributed by atoms with Gasteiger partial charge in [0.2, 0.25) is 5.91 Å². The highest BCUT2D eigenvalue weighted by atomic mass is 32.1. The highest BCUT2D eigenvalue weighted by Crippen LogP contribution is 2.17. The maximum atomic E-state index is 12.2. The number of thiocarbonyl (C=S) groups is 1. The number of para-hydroxylation sites is 1. The molecule has 1 unspecified atom stereocenters. The smallest absolute Gasteiger partial charge is 0.248 e. The number of nitrogens with two attached hydrogens (primary N) is 1. The number of anilines is 1. The Morgan fingerprint density at radius 2 is 2.10 bits per heavy atom. The van der Waals surface area contributed by atoms with Crippen molar-refractivity contribution in [1.82, 2.24) is 9.78 Å². The Morgan fingerprint density at radius 1 is 1.40 bits per heavy atom. The molecule has 0 aliphatic heterocycles. The number of carbonyl (C=O) groups excluding carboxylic acids is 1. The second kappa shape index (κ2) is 5.83. The number of nitrogens with one attached hydrogen (secondary N) is 1. The number of hydrogen-bond acceptors (Lipinski definition) is 3. The molecule has 0 aliphatic rings. The molecule has 5 nitrogen and oxygen atoms in total. The molecule has 104 valence electrons. The molecule has 2 aromatic rings. The number of aromatic nitrogens is 2. The van der Waals surface area contributed by atoms with Crippen LogP contribution in [-0.2, 0) is 4.79 Å². The fraction of sp³-hybridized carbons (Fsp3) is 0.214. The van der Waals surface area contributed by atoms with Gasteiger partial charge >= 0.3 is 0 Å². The van der Waals surface area contributed by atoms with Gasteiger partial charge in [-0.3, -0.25) is 9.48 Å². The van der Waals surface area contributed by atoms with Crippen molar-refractivity contribution in [3.05, 3.63) is 47.8 Å². The predicted octanol–water partition coefficient (Wildman–Crippen LogP) is 2.03. The summed E-state index contributed by atoms with van der Waals surface area (Å²) in [5, 5.41) is 7.07. The summed E-state index contributed by atoms with van der Waals surface area (Å²) in [6.07, 6.45) is 1.78. The van der Waals surface area contributed by atoms with Gasteiger partial charge in [0.15, 0.2) is 0 Å². The van der Waals surface area contributed by atoms with Gasteiger partial charge in [-0.05, 0) is 32.0 Å². The van der Waals surface area contributed by atoms with E-state index in [1.165, 1.54) is 0 Å². The number of rotatable bonds is 4. The lowest BCUT2D eigenvalue weighted by Crippen LogP contribution is -2.25. The van der Waals surface area contributed by atoms with E-state index in [4.69, 9.17) is 18.0 Å². The SMILES string of the molecule is Cc1ccn(C(C)C(=O)Nc2ccccc2C(N)=S)n1. The fourth-order valence-electron chi connectivity index (χ4n) is 1.81. The molecule has 1 heterocycles. The number of nitrogens with zero attached hydrogens (tertiary/aromatic N) is 2. The molecular formula is C14H16N4OS. The molecule has 0 saturated carbocycles. The Morgan fingerprint density at radius 3 is 2.70 bits per heavy atom. The minimum atomic E-state index is -0.414. The van der Waals surface area contributed by atoms with Gasteiger partial charge in [0.1, 0.15) is 11.0 Å². The van der Waals surface area contributed by atoms with Gasteiger partial charge in [-0.15, -0.1) is 0 Å². The van der Waals surface area contributed by atoms with Crippen molar-refractivity contribution in [2.24, 2.45) is 5.73 Å². The van der Waals surface area contributed by atoms with Gasteiger partial charge in [0, 0.05) is 11.8 Å². The lowest BCUT2D eigenvalue weighted by atomic mass is 10.1. The van der Waals surface area contributed by atoms with E-state index in [-0.39, 0.29) is 10.9 Å². The molecule has 6 heteroatoms. The molecule has 1 aromatic heterocycles. The quantitative estimate of drug-likeness (QED) is 0.844. The Kier molecular flexibility index (Phi) is 4.14. The summed E-state index contributed by atoms with van der Waals surface area (Å²) in [4.78, 5) is 12.5. The number of aryl methyl sites for hydroxylation is 1. The van der Waals surface area contributed by atoms with Crippen LogP contribution in [0.15, 0.2) is 36.5 Å². The first kappa shape index (κ1) is 14.2. The second-order valence-electron chi connectivity index (χ2n) is 4.51. The van der Waals surface area contributed by atoms with E-state index in [2.05, 4.69) is 10.4 Å². The largest absolute Gasteiger partial charge is 0.389 e. The Bertz CT molecular complexity index is 650. The Labute approximate surface area is 122 Å². The molecule has 0 aliphatic carbocycles. The van der Waals surface area contributed by atoms with Crippen molar-refractivity contribution in [3.63, 3.8) is 0 Å². The van der Waals surface area contributed by atoms with Crippen LogP contribution in [0.5, 0.6) is 0 Å². The van der Waals surface area contributed by atoms with Crippen molar-refractivity contribution in [1.29, 1.82) is 0 Å². The maximum absolute atomic E-state index is 12.2. The fourth-order valence-corrected chi connectivity index (χ4v) is 1.99. The zero-order chi connectivity index (χ0) is 14.7. The summed E-state index contributed by atoms with van der Waals surface area (Å²) in [5.41, 5.74) is 7.78. The maximum Gasteiger partial charge on any atom is 0.248 e. The normalized spacial score (nSPS) is 11.9. The lowest BCUT2D eigenvalue weighted by molar-refractivity contribution is -0.119. The topological polar surface area (TPSA) is 72.9 Å². The first-order valence-corrected chi connectivity index (χ1v) is 6.61. The minimum Gasteiger partial charge on any atom is -0.389 e. The standard InChI is InChI=1S/C14H16N4OS/c1-9-7-8-18(17-9)10(2)14(19)16-12-6-4-3-5-11(12)13(15)20/h3-8,10H,1-2H3,(H2,15,20)(H,16,19). The molecule has 1 amide bonds. The van der Waals surface area contributed by atoms with Gasteiger partial charge in [-0.25, -0.2) is 0 Å². The number of carbonyl (C=O) groups is 1. The third-order valence-electron chi connectivity index (χ3n) is 2.97. The van der Waals surface area contributed by atoms with Gasteiger partial charge < -0.3 is 11.1 Å². The van der Waals surface area contributed by atoms with Crippen molar-refractivity contribution >= 4 is 28.8 Å². The third-order valence-corrected chi connectivity index (χ3v) is 3.19. The highest BCUT2D eigenvalue weighted by molar-refractivity contribution is 7.80. The molecule has 0 saturated heterocycles. The molecule has 0 bridgehead atoms. The number of amides is 1. The van der Waals surface area contributed by atoms with Crippen LogP contribution in [0.2, 0.25) is 0 Å². The zero-order valence-corrected chi connectivity index (χ0v) is 12.1. The Hall–Kier alpha value is -2.21. The van der Waals surface area contributed by atoms with Gasteiger partial charge in [0.25, 0.3) is 0 Å². The van der Waals surface area contributed by atoms with Crippen molar-refractivity contribution in [2.45, 2.75) is 19.9 Å². The summed E-state index contributed by atoms with van der Waals surface area (Å²) in [5.74, 6) is -0.170. The van der Waals surface area contributed by atoms with Gasteiger partial charge in [0.05, 0.1) is 11.4 Å². The molecule has 0 fully saturated rings. The highest BCUT2D eigenvalue weighted by Gasteiger charge is 2.17. The zero-order valence-electron chi connectivity index (χ0n) is 11.3. The summed E-state index contributed by atoms with van der Waals surface area (Å²) >= 11 is 4.97. The third kappa shape index (κ3) is 3.03. The predicted molar refractivity (Wildman–Crippen MR) is 82.6 cm³/mol. The van der Waals surface area contributed by atoms with E-state index in [9.17, 15) is 4.79 Å². The van der Waals surface area contributed by atoms with E-state index < -0.39 is 6.04 Å². The van der Waals surface area contributed by atoms with Crippen LogP contribution in [0.25, 0.3) is 0 Å². The second-order valence-corrected chi connectivity index (χ2v) is 4.95. The molecule has 3 N–H and O–H groups in total. The average molecular weight is 288 g/mol. The van der Waals surface area contributed by atoms with Crippen molar-refractivity contribution in [3.8, 4) is 0 Å². The molecular weight excluding hydrogens is 272 g/mol. The minimum absolute atomic E-state index is 0.170. The summed E-state index contributed by atoms with van der Waals surface area (Å²) < 4.78 is 1.62. The molecule has 2 rings (SSSR count). The molecule has 1 atom stereocenters. The van der Waals surface area contributed by atoms with E-state index >= 15 is 0 Å². The summed E-state index contributed by atoms with van der Waals surface area (Å²) in [6.45, 7) is 3.66. The first-order chi connectivity index (χ1) is 9.49. The lowest BCUT2D eigenvalue weighted by Gasteiger charge is -2.14. The first-order valence-electron chi connectivity index (χ1n) is 6.20. The van der Waals surface area contributed by atoms with Crippen molar-refractivity contribution in [2.75, 3.05) is 5.32 Å². The van der Waals surface area contributed by atoms with Crippen LogP contribution in [0.3, 0.4) is 0 Å². The van der Waals surface area contributed by atoms with E-state index in [1.807, 2.05) is 25.1 Å².